The van der Waals surface area contributed by atoms with Gasteiger partial charge in [-0.25, -0.2) is 9.18 Å². The third-order valence-electron chi connectivity index (χ3n) is 5.82. The summed E-state index contributed by atoms with van der Waals surface area (Å²) in [6.07, 6.45) is -2.69. The van der Waals surface area contributed by atoms with Crippen molar-refractivity contribution in [3.05, 3.63) is 104 Å². The van der Waals surface area contributed by atoms with Crippen LogP contribution in [-0.2, 0) is 37.0 Å². The number of benzene rings is 2. The number of H-pyrrole nitrogens is 1. The van der Waals surface area contributed by atoms with Gasteiger partial charge in [0.2, 0.25) is 0 Å². The van der Waals surface area contributed by atoms with Gasteiger partial charge in [0, 0.05) is 16.5 Å². The number of nitrogens with one attached hydrogen (secondary N) is 1. The van der Waals surface area contributed by atoms with Crippen molar-refractivity contribution >= 4 is 21.9 Å². The molecule has 4 atom stereocenters. The largest absolute Gasteiger partial charge is 0.374 e. The van der Waals surface area contributed by atoms with Gasteiger partial charge in [-0.1, -0.05) is 81.4 Å². The Bertz CT molecular complexity index is 1470. The van der Waals surface area contributed by atoms with Crippen LogP contribution in [0, 0.1) is 6.92 Å². The number of alkyl halides is 1. The van der Waals surface area contributed by atoms with Gasteiger partial charge >= 0.3 is 5.69 Å². The topological polar surface area (TPSA) is 117 Å². The minimum atomic E-state index is -4.08. The maximum absolute atomic E-state index is 16.9. The van der Waals surface area contributed by atoms with Gasteiger partial charge in [0.25, 0.3) is 15.7 Å². The lowest BCUT2D eigenvalue weighted by Crippen LogP contribution is -2.48. The first-order chi connectivity index (χ1) is 19.2. The molecule has 9 nitrogen and oxygen atoms in total. The van der Waals surface area contributed by atoms with Crippen molar-refractivity contribution in [1.29, 1.82) is 0 Å². The maximum atomic E-state index is 16.9. The molecule has 0 amide bonds. The molecule has 0 radical (unpaired) electrons. The number of ether oxygens (including phenoxy) is 2. The molecule has 2 aromatic carbocycles. The van der Waals surface area contributed by atoms with Crippen molar-refractivity contribution < 1.29 is 26.5 Å². The smallest absolute Gasteiger partial charge is 0.329 e. The Morgan fingerprint density at radius 3 is 2.07 bits per heavy atom. The molecule has 0 aliphatic heterocycles. The van der Waals surface area contributed by atoms with Gasteiger partial charge in [0.15, 0.2) is 6.17 Å². The Balaban J connectivity index is 2.03. The third kappa shape index (κ3) is 10.5. The van der Waals surface area contributed by atoms with Crippen LogP contribution in [0.25, 0.3) is 0 Å². The molecule has 0 saturated heterocycles. The summed E-state index contributed by atoms with van der Waals surface area (Å²) in [5.41, 5.74) is 0.400. The summed E-state index contributed by atoms with van der Waals surface area (Å²) in [6.45, 7) is 6.84. The number of hydrogen-bond acceptors (Lipinski definition) is 8. The van der Waals surface area contributed by atoms with Gasteiger partial charge in [-0.05, 0) is 18.1 Å². The van der Waals surface area contributed by atoms with E-state index in [0.717, 1.165) is 33.7 Å². The molecule has 224 valence electrons. The maximum Gasteiger partial charge on any atom is 0.329 e. The Kier molecular flexibility index (Phi) is 11.5. The van der Waals surface area contributed by atoms with E-state index < -0.39 is 49.9 Å². The molecular formula is C29H37FN2O7S2. The van der Waals surface area contributed by atoms with Crippen molar-refractivity contribution in [2.24, 2.45) is 0 Å². The number of thioether (sulfide) groups is 1. The van der Waals surface area contributed by atoms with Crippen molar-refractivity contribution in [2.45, 2.75) is 69.4 Å². The second kappa shape index (κ2) is 14.4. The number of rotatable bonds is 14. The van der Waals surface area contributed by atoms with E-state index in [0.29, 0.717) is 0 Å². The highest BCUT2D eigenvalue weighted by Crippen LogP contribution is 2.40. The number of aryl methyl sites for hydroxylation is 1. The minimum Gasteiger partial charge on any atom is -0.374 e. The quantitative estimate of drug-likeness (QED) is 0.269. The van der Waals surface area contributed by atoms with Gasteiger partial charge < -0.3 is 9.47 Å². The van der Waals surface area contributed by atoms with Crippen molar-refractivity contribution in [1.82, 2.24) is 9.55 Å². The predicted octanol–water partition coefficient (Wildman–Crippen LogP) is 4.36. The van der Waals surface area contributed by atoms with E-state index in [1.807, 2.05) is 57.2 Å². The summed E-state index contributed by atoms with van der Waals surface area (Å²) in [5.74, 6) is 0. The van der Waals surface area contributed by atoms with E-state index in [1.165, 1.54) is 13.1 Å². The number of nitrogens with zero attached hydrogens (tertiary/aromatic N) is 1. The van der Waals surface area contributed by atoms with Crippen LogP contribution in [-0.4, -0.2) is 54.0 Å². The Labute approximate surface area is 244 Å². The lowest BCUT2D eigenvalue weighted by atomic mass is 10.1. The average Bonchev–Trinajstić information content (AvgIpc) is 2.89. The molecule has 1 aromatic heterocycles. The molecule has 12 heteroatoms. The molecule has 0 unspecified atom stereocenters. The minimum absolute atomic E-state index is 0.0549. The normalized spacial score (nSPS) is 15.3. The molecule has 0 aliphatic carbocycles. The number of hydrogen-bond donors (Lipinski definition) is 1. The molecule has 0 fully saturated rings. The highest BCUT2D eigenvalue weighted by molar-refractivity contribution is 8.00. The van der Waals surface area contributed by atoms with Crippen LogP contribution < -0.4 is 11.2 Å². The van der Waals surface area contributed by atoms with Gasteiger partial charge in [-0.2, -0.15) is 8.42 Å². The summed E-state index contributed by atoms with van der Waals surface area (Å²) < 4.78 is 59.4. The van der Waals surface area contributed by atoms with Crippen LogP contribution in [0.4, 0.5) is 4.39 Å². The fourth-order valence-electron chi connectivity index (χ4n) is 4.01. The van der Waals surface area contributed by atoms with Gasteiger partial charge in [0.05, 0.1) is 26.1 Å². The summed E-state index contributed by atoms with van der Waals surface area (Å²) in [6, 6.07) is 18.2. The Morgan fingerprint density at radius 1 is 0.976 bits per heavy atom. The zero-order valence-corrected chi connectivity index (χ0v) is 25.4. The first kappa shape index (κ1) is 32.7. The standard InChI is InChI=1S/C29H37FN2O7S2/c1-20-16-32(28(34)31-26(20)33)27(40-29(2,3)4)24(30)25(38-18-22-14-10-7-11-15-22)23(39-41(5,35)36)19-37-17-21-12-8-6-9-13-21/h6-16,23-25,27H,17-19H2,1-5H3,(H,31,33,34)/t23-,24-,25+,27+/m0/s1. The molecule has 3 aromatic rings. The Hall–Kier alpha value is -2.77. The zero-order chi connectivity index (χ0) is 30.2. The average molecular weight is 609 g/mol. The Morgan fingerprint density at radius 2 is 1.54 bits per heavy atom. The fraction of sp³-hybridized carbons (Fsp3) is 0.448. The number of halogens is 1. The van der Waals surface area contributed by atoms with Crippen LogP contribution in [0.15, 0.2) is 76.4 Å². The summed E-state index contributed by atoms with van der Waals surface area (Å²) >= 11 is 1.14. The molecule has 0 bridgehead atoms. The molecular weight excluding hydrogens is 571 g/mol. The van der Waals surface area contributed by atoms with E-state index in [2.05, 4.69) is 4.98 Å². The highest BCUT2D eigenvalue weighted by Gasteiger charge is 2.42. The van der Waals surface area contributed by atoms with Gasteiger partial charge in [0.1, 0.15) is 17.6 Å². The zero-order valence-electron chi connectivity index (χ0n) is 23.8. The molecule has 3 rings (SSSR count). The van der Waals surface area contributed by atoms with E-state index in [9.17, 15) is 18.0 Å². The first-order valence-electron chi connectivity index (χ1n) is 13.0. The van der Waals surface area contributed by atoms with Crippen molar-refractivity contribution in [3.63, 3.8) is 0 Å². The molecule has 1 heterocycles. The van der Waals surface area contributed by atoms with Crippen LogP contribution in [0.3, 0.4) is 0 Å². The van der Waals surface area contributed by atoms with E-state index in [4.69, 9.17) is 13.7 Å². The summed E-state index contributed by atoms with van der Waals surface area (Å²) in [7, 11) is -4.08. The van der Waals surface area contributed by atoms with Crippen LogP contribution >= 0.6 is 11.8 Å². The lowest BCUT2D eigenvalue weighted by Gasteiger charge is -2.35. The predicted molar refractivity (Wildman–Crippen MR) is 158 cm³/mol. The second-order valence-corrected chi connectivity index (χ2v) is 14.2. The molecule has 41 heavy (non-hydrogen) atoms. The van der Waals surface area contributed by atoms with E-state index in [-0.39, 0.29) is 25.4 Å². The molecule has 0 aliphatic rings. The summed E-state index contributed by atoms with van der Waals surface area (Å²) in [5, 5.41) is -1.21. The van der Waals surface area contributed by atoms with Crippen LogP contribution in [0.2, 0.25) is 0 Å². The SMILES string of the molecule is Cc1cn([C@H](SC(C)(C)C)[C@@H](F)[C@H](OCc2ccccc2)[C@H](COCc2ccccc2)OS(C)(=O)=O)c(=O)[nH]c1=O. The second-order valence-electron chi connectivity index (χ2n) is 10.6. The lowest BCUT2D eigenvalue weighted by molar-refractivity contribution is -0.102. The molecule has 0 saturated carbocycles. The van der Waals surface area contributed by atoms with E-state index >= 15 is 4.39 Å². The summed E-state index contributed by atoms with van der Waals surface area (Å²) in [4.78, 5) is 27.2. The number of aromatic amines is 1. The molecule has 1 N–H and O–H groups in total. The number of aromatic nitrogens is 2. The monoisotopic (exact) mass is 608 g/mol. The van der Waals surface area contributed by atoms with Crippen molar-refractivity contribution in [2.75, 3.05) is 12.9 Å². The van der Waals surface area contributed by atoms with Gasteiger partial charge in [-0.15, -0.1) is 11.8 Å². The van der Waals surface area contributed by atoms with E-state index in [1.54, 1.807) is 24.3 Å². The van der Waals surface area contributed by atoms with Gasteiger partial charge in [-0.3, -0.25) is 18.5 Å². The highest BCUT2D eigenvalue weighted by atomic mass is 32.2. The van der Waals surface area contributed by atoms with Crippen LogP contribution in [0.5, 0.6) is 0 Å². The fourth-order valence-corrected chi connectivity index (χ4v) is 5.91. The van der Waals surface area contributed by atoms with Crippen molar-refractivity contribution in [3.8, 4) is 0 Å². The first-order valence-corrected chi connectivity index (χ1v) is 15.7. The van der Waals surface area contributed by atoms with Crippen LogP contribution in [0.1, 0.15) is 42.8 Å². The third-order valence-corrected chi connectivity index (χ3v) is 7.86. The molecule has 0 spiro atoms.